The molecule has 0 saturated carbocycles. The van der Waals surface area contributed by atoms with Crippen molar-refractivity contribution in [2.24, 2.45) is 0 Å². The van der Waals surface area contributed by atoms with Crippen LogP contribution in [0.25, 0.3) is 0 Å². The summed E-state index contributed by atoms with van der Waals surface area (Å²) in [5, 5.41) is 2.62. The van der Waals surface area contributed by atoms with Gasteiger partial charge in [0, 0.05) is 13.0 Å². The number of ether oxygens (including phenoxy) is 1. The van der Waals surface area contributed by atoms with Crippen LogP contribution in [-0.4, -0.2) is 25.6 Å². The number of amides is 3. The van der Waals surface area contributed by atoms with Crippen molar-refractivity contribution in [1.29, 1.82) is 0 Å². The van der Waals surface area contributed by atoms with Crippen molar-refractivity contribution >= 4 is 17.6 Å². The molecule has 0 aromatic heterocycles. The Hall–Kier alpha value is -2.04. The zero-order valence-electron chi connectivity index (χ0n) is 8.90. The van der Waals surface area contributed by atoms with Gasteiger partial charge in [-0.15, -0.1) is 0 Å². The summed E-state index contributed by atoms with van der Waals surface area (Å²) in [6.07, 6.45) is 0.309. The maximum atomic E-state index is 11.7. The van der Waals surface area contributed by atoms with Gasteiger partial charge in [-0.05, 0) is 12.1 Å². The number of benzene rings is 1. The minimum atomic E-state index is -0.402. The molecule has 16 heavy (non-hydrogen) atoms. The first-order chi connectivity index (χ1) is 7.74. The Bertz CT molecular complexity index is 415. The molecule has 0 radical (unpaired) electrons. The minimum absolute atomic E-state index is 0.215. The van der Waals surface area contributed by atoms with Gasteiger partial charge in [0.15, 0.2) is 0 Å². The van der Waals surface area contributed by atoms with Crippen molar-refractivity contribution < 1.29 is 14.3 Å². The van der Waals surface area contributed by atoms with Crippen LogP contribution in [-0.2, 0) is 4.79 Å². The molecule has 1 saturated heterocycles. The van der Waals surface area contributed by atoms with E-state index in [9.17, 15) is 9.59 Å². The molecule has 1 N–H and O–H groups in total. The largest absolute Gasteiger partial charge is 0.495 e. The fourth-order valence-electron chi connectivity index (χ4n) is 1.64. The van der Waals surface area contributed by atoms with E-state index in [1.165, 1.54) is 7.11 Å². The quantitative estimate of drug-likeness (QED) is 0.813. The van der Waals surface area contributed by atoms with Crippen molar-refractivity contribution in [2.75, 3.05) is 18.6 Å². The van der Waals surface area contributed by atoms with Crippen LogP contribution >= 0.6 is 0 Å². The SMILES string of the molecule is COc1ccccc1N1C(=O)CCNC1=O. The lowest BCUT2D eigenvalue weighted by molar-refractivity contribution is -0.118. The normalized spacial score (nSPS) is 15.9. The highest BCUT2D eigenvalue weighted by Crippen LogP contribution is 2.28. The average molecular weight is 220 g/mol. The van der Waals surface area contributed by atoms with E-state index in [2.05, 4.69) is 5.32 Å². The number of carbonyl (C=O) groups excluding carboxylic acids is 2. The Labute approximate surface area is 93.0 Å². The molecule has 2 rings (SSSR count). The van der Waals surface area contributed by atoms with Gasteiger partial charge in [-0.25, -0.2) is 9.69 Å². The minimum Gasteiger partial charge on any atom is -0.495 e. The van der Waals surface area contributed by atoms with Gasteiger partial charge in [-0.1, -0.05) is 12.1 Å². The van der Waals surface area contributed by atoms with Gasteiger partial charge < -0.3 is 10.1 Å². The summed E-state index contributed by atoms with van der Waals surface area (Å²) in [5.41, 5.74) is 0.479. The molecule has 3 amide bonds. The highest BCUT2D eigenvalue weighted by Gasteiger charge is 2.29. The molecule has 1 aromatic carbocycles. The number of methoxy groups -OCH3 is 1. The summed E-state index contributed by atoms with van der Waals surface area (Å²) >= 11 is 0. The second-order valence-electron chi connectivity index (χ2n) is 3.38. The highest BCUT2D eigenvalue weighted by atomic mass is 16.5. The van der Waals surface area contributed by atoms with Crippen LogP contribution in [0, 0.1) is 0 Å². The van der Waals surface area contributed by atoms with Gasteiger partial charge in [0.2, 0.25) is 5.91 Å². The van der Waals surface area contributed by atoms with Crippen LogP contribution in [0.1, 0.15) is 6.42 Å². The van der Waals surface area contributed by atoms with Crippen LogP contribution in [0.3, 0.4) is 0 Å². The Balaban J connectivity index is 2.41. The van der Waals surface area contributed by atoms with E-state index in [-0.39, 0.29) is 5.91 Å². The lowest BCUT2D eigenvalue weighted by atomic mass is 10.2. The predicted molar refractivity (Wildman–Crippen MR) is 58.5 cm³/mol. The second-order valence-corrected chi connectivity index (χ2v) is 3.38. The molecular weight excluding hydrogens is 208 g/mol. The average Bonchev–Trinajstić information content (AvgIpc) is 2.29. The van der Waals surface area contributed by atoms with Gasteiger partial charge in [-0.3, -0.25) is 4.79 Å². The van der Waals surface area contributed by atoms with Gasteiger partial charge in [-0.2, -0.15) is 0 Å². The number of anilines is 1. The summed E-state index contributed by atoms with van der Waals surface area (Å²) in [4.78, 5) is 24.4. The first kappa shape index (κ1) is 10.5. The van der Waals surface area contributed by atoms with Gasteiger partial charge >= 0.3 is 6.03 Å². The van der Waals surface area contributed by atoms with Crippen LogP contribution in [0.4, 0.5) is 10.5 Å². The highest BCUT2D eigenvalue weighted by molar-refractivity contribution is 6.16. The number of rotatable bonds is 2. The molecule has 0 spiro atoms. The summed E-state index contributed by atoms with van der Waals surface area (Å²) < 4.78 is 5.12. The first-order valence-electron chi connectivity index (χ1n) is 4.98. The zero-order valence-corrected chi connectivity index (χ0v) is 8.90. The molecule has 0 bridgehead atoms. The number of hydrogen-bond acceptors (Lipinski definition) is 3. The van der Waals surface area contributed by atoms with Crippen molar-refractivity contribution in [2.45, 2.75) is 6.42 Å². The summed E-state index contributed by atoms with van der Waals surface area (Å²) in [7, 11) is 1.51. The van der Waals surface area contributed by atoms with E-state index in [0.29, 0.717) is 24.4 Å². The van der Waals surface area contributed by atoms with E-state index in [0.717, 1.165) is 4.90 Å². The third kappa shape index (κ3) is 1.71. The summed E-state index contributed by atoms with van der Waals surface area (Å²) in [6, 6.07) is 6.54. The summed E-state index contributed by atoms with van der Waals surface area (Å²) in [6.45, 7) is 0.392. The maximum Gasteiger partial charge on any atom is 0.328 e. The molecule has 0 unspecified atom stereocenters. The van der Waals surface area contributed by atoms with Crippen LogP contribution in [0.2, 0.25) is 0 Å². The number of imide groups is 1. The third-order valence-electron chi connectivity index (χ3n) is 2.39. The Morgan fingerprint density at radius 2 is 2.06 bits per heavy atom. The van der Waals surface area contributed by atoms with Crippen LogP contribution in [0.15, 0.2) is 24.3 Å². The fraction of sp³-hybridized carbons (Fsp3) is 0.273. The van der Waals surface area contributed by atoms with E-state index in [1.54, 1.807) is 24.3 Å². The van der Waals surface area contributed by atoms with Gasteiger partial charge in [0.05, 0.1) is 12.8 Å². The fourth-order valence-corrected chi connectivity index (χ4v) is 1.64. The molecule has 0 aliphatic carbocycles. The Morgan fingerprint density at radius 3 is 2.75 bits per heavy atom. The Kier molecular flexibility index (Phi) is 2.76. The third-order valence-corrected chi connectivity index (χ3v) is 2.39. The Morgan fingerprint density at radius 1 is 1.31 bits per heavy atom. The van der Waals surface area contributed by atoms with Gasteiger partial charge in [0.1, 0.15) is 5.75 Å². The van der Waals surface area contributed by atoms with Crippen molar-refractivity contribution in [3.8, 4) is 5.75 Å². The van der Waals surface area contributed by atoms with Crippen molar-refractivity contribution in [3.63, 3.8) is 0 Å². The molecule has 1 aromatic rings. The molecule has 1 aliphatic heterocycles. The molecule has 1 aliphatic rings. The van der Waals surface area contributed by atoms with E-state index < -0.39 is 6.03 Å². The molecule has 5 nitrogen and oxygen atoms in total. The standard InChI is InChI=1S/C11H12N2O3/c1-16-9-5-3-2-4-8(9)13-10(14)6-7-12-11(13)15/h2-5H,6-7H2,1H3,(H,12,15). The van der Waals surface area contributed by atoms with Crippen molar-refractivity contribution in [1.82, 2.24) is 5.32 Å². The number of hydrogen-bond donors (Lipinski definition) is 1. The number of carbonyl (C=O) groups is 2. The molecule has 5 heteroatoms. The second kappa shape index (κ2) is 4.22. The number of nitrogens with one attached hydrogen (secondary N) is 1. The monoisotopic (exact) mass is 220 g/mol. The molecule has 1 fully saturated rings. The van der Waals surface area contributed by atoms with E-state index >= 15 is 0 Å². The van der Waals surface area contributed by atoms with Crippen LogP contribution in [0.5, 0.6) is 5.75 Å². The lowest BCUT2D eigenvalue weighted by Gasteiger charge is -2.26. The van der Waals surface area contributed by atoms with E-state index in [1.807, 2.05) is 0 Å². The number of nitrogens with zero attached hydrogens (tertiary/aromatic N) is 1. The molecule has 84 valence electrons. The molecular formula is C11H12N2O3. The van der Waals surface area contributed by atoms with Gasteiger partial charge in [0.25, 0.3) is 0 Å². The number of para-hydroxylation sites is 2. The first-order valence-corrected chi connectivity index (χ1v) is 4.98. The zero-order chi connectivity index (χ0) is 11.5. The topological polar surface area (TPSA) is 58.6 Å². The molecule has 1 heterocycles. The lowest BCUT2D eigenvalue weighted by Crippen LogP contribution is -2.50. The predicted octanol–water partition coefficient (Wildman–Crippen LogP) is 1.14. The van der Waals surface area contributed by atoms with E-state index in [4.69, 9.17) is 4.74 Å². The smallest absolute Gasteiger partial charge is 0.328 e. The summed E-state index contributed by atoms with van der Waals surface area (Å²) in [5.74, 6) is 0.293. The number of urea groups is 1. The maximum absolute atomic E-state index is 11.7. The molecule has 0 atom stereocenters. The van der Waals surface area contributed by atoms with Crippen LogP contribution < -0.4 is 15.0 Å². The van der Waals surface area contributed by atoms with Crippen molar-refractivity contribution in [3.05, 3.63) is 24.3 Å².